The number of carbonyl (C=O) groups excluding carboxylic acids is 1. The molecule has 0 radical (unpaired) electrons. The summed E-state index contributed by atoms with van der Waals surface area (Å²) in [5, 5.41) is 6.81. The molecule has 6 heteroatoms. The maximum absolute atomic E-state index is 12.1. The molecule has 0 unspecified atom stereocenters. The minimum atomic E-state index is -0.183. The lowest BCUT2D eigenvalue weighted by molar-refractivity contribution is -0.114. The van der Waals surface area contributed by atoms with Crippen molar-refractivity contribution in [3.8, 4) is 11.5 Å². The largest absolute Gasteiger partial charge is 0.457 e. The summed E-state index contributed by atoms with van der Waals surface area (Å²) in [5.74, 6) is 1.27. The Hall–Kier alpha value is -2.69. The number of hydrogen-bond acceptors (Lipinski definition) is 3. The number of carbonyl (C=O) groups is 1. The molecule has 0 bridgehead atoms. The molecule has 0 saturated heterocycles. The van der Waals surface area contributed by atoms with Crippen molar-refractivity contribution in [2.45, 2.75) is 0 Å². The van der Waals surface area contributed by atoms with Gasteiger partial charge in [-0.15, -0.1) is 0 Å². The molecule has 4 nitrogen and oxygen atoms in total. The molecule has 0 aliphatic rings. The third kappa shape index (κ3) is 5.41. The molecule has 0 heterocycles. The predicted octanol–water partition coefficient (Wildman–Crippen LogP) is 5.84. The van der Waals surface area contributed by atoms with Gasteiger partial charge in [0.1, 0.15) is 11.5 Å². The Kier molecular flexibility index (Phi) is 6.00. The Morgan fingerprint density at radius 1 is 0.808 bits per heavy atom. The van der Waals surface area contributed by atoms with Crippen LogP contribution in [-0.2, 0) is 4.79 Å². The highest BCUT2D eigenvalue weighted by molar-refractivity contribution is 6.35. The van der Waals surface area contributed by atoms with Crippen molar-refractivity contribution in [2.75, 3.05) is 17.2 Å². The van der Waals surface area contributed by atoms with Crippen LogP contribution in [0.4, 0.5) is 11.4 Å². The van der Waals surface area contributed by atoms with Gasteiger partial charge < -0.3 is 15.4 Å². The number of para-hydroxylation sites is 1. The number of amides is 1. The number of halogens is 2. The lowest BCUT2D eigenvalue weighted by Crippen LogP contribution is -2.21. The first-order valence-electron chi connectivity index (χ1n) is 7.91. The van der Waals surface area contributed by atoms with E-state index in [-0.39, 0.29) is 12.5 Å². The number of benzene rings is 3. The summed E-state index contributed by atoms with van der Waals surface area (Å²) in [6, 6.07) is 21.7. The summed E-state index contributed by atoms with van der Waals surface area (Å²) in [5.41, 5.74) is 1.37. The predicted molar refractivity (Wildman–Crippen MR) is 107 cm³/mol. The zero-order valence-electron chi connectivity index (χ0n) is 13.7. The summed E-state index contributed by atoms with van der Waals surface area (Å²) in [7, 11) is 0. The second-order valence-electron chi connectivity index (χ2n) is 5.50. The zero-order chi connectivity index (χ0) is 18.4. The molecule has 0 atom stereocenters. The molecule has 0 saturated carbocycles. The molecule has 26 heavy (non-hydrogen) atoms. The van der Waals surface area contributed by atoms with Crippen molar-refractivity contribution in [1.82, 2.24) is 0 Å². The van der Waals surface area contributed by atoms with E-state index in [9.17, 15) is 4.79 Å². The van der Waals surface area contributed by atoms with Crippen molar-refractivity contribution < 1.29 is 9.53 Å². The van der Waals surface area contributed by atoms with Gasteiger partial charge in [0.2, 0.25) is 5.91 Å². The molecule has 3 aromatic rings. The summed E-state index contributed by atoms with van der Waals surface area (Å²) >= 11 is 11.9. The zero-order valence-corrected chi connectivity index (χ0v) is 15.2. The molecule has 3 aromatic carbocycles. The van der Waals surface area contributed by atoms with Gasteiger partial charge in [0.15, 0.2) is 0 Å². The van der Waals surface area contributed by atoms with Crippen molar-refractivity contribution in [2.24, 2.45) is 0 Å². The first-order valence-corrected chi connectivity index (χ1v) is 8.67. The third-order valence-electron chi connectivity index (χ3n) is 3.43. The number of rotatable bonds is 6. The lowest BCUT2D eigenvalue weighted by Gasteiger charge is -2.10. The van der Waals surface area contributed by atoms with E-state index in [2.05, 4.69) is 10.6 Å². The van der Waals surface area contributed by atoms with Crippen LogP contribution < -0.4 is 15.4 Å². The van der Waals surface area contributed by atoms with Gasteiger partial charge in [-0.1, -0.05) is 41.4 Å². The van der Waals surface area contributed by atoms with Crippen LogP contribution in [0.25, 0.3) is 0 Å². The van der Waals surface area contributed by atoms with Crippen molar-refractivity contribution in [3.63, 3.8) is 0 Å². The van der Waals surface area contributed by atoms with Gasteiger partial charge >= 0.3 is 0 Å². The number of anilines is 2. The maximum Gasteiger partial charge on any atom is 0.243 e. The Morgan fingerprint density at radius 2 is 1.42 bits per heavy atom. The molecule has 0 fully saturated rings. The summed E-state index contributed by atoms with van der Waals surface area (Å²) < 4.78 is 5.72. The van der Waals surface area contributed by atoms with Crippen LogP contribution in [0.3, 0.4) is 0 Å². The number of ether oxygens (including phenoxy) is 1. The van der Waals surface area contributed by atoms with E-state index in [0.717, 1.165) is 5.75 Å². The standard InChI is InChI=1S/C20H16Cl2N2O2/c21-14-10-15(22)12-17(11-14)23-13-20(25)24-16-6-8-19(9-7-16)26-18-4-2-1-3-5-18/h1-12,23H,13H2,(H,24,25). The van der Waals surface area contributed by atoms with Crippen LogP contribution in [-0.4, -0.2) is 12.5 Å². The van der Waals surface area contributed by atoms with Crippen LogP contribution in [0.5, 0.6) is 11.5 Å². The monoisotopic (exact) mass is 386 g/mol. The van der Waals surface area contributed by atoms with Gasteiger partial charge in [0, 0.05) is 21.4 Å². The fourth-order valence-electron chi connectivity index (χ4n) is 2.27. The van der Waals surface area contributed by atoms with Gasteiger partial charge in [-0.2, -0.15) is 0 Å². The topological polar surface area (TPSA) is 50.4 Å². The van der Waals surface area contributed by atoms with Crippen LogP contribution in [0.2, 0.25) is 10.0 Å². The Labute approximate surface area is 161 Å². The van der Waals surface area contributed by atoms with E-state index in [0.29, 0.717) is 27.2 Å². The Bertz CT molecular complexity index is 864. The third-order valence-corrected chi connectivity index (χ3v) is 3.87. The highest BCUT2D eigenvalue weighted by Crippen LogP contribution is 2.23. The molecule has 1 amide bonds. The van der Waals surface area contributed by atoms with Gasteiger partial charge in [-0.05, 0) is 54.6 Å². The minimum absolute atomic E-state index is 0.0962. The van der Waals surface area contributed by atoms with Crippen molar-refractivity contribution in [1.29, 1.82) is 0 Å². The summed E-state index contributed by atoms with van der Waals surface area (Å²) in [6.07, 6.45) is 0. The van der Waals surface area contributed by atoms with Gasteiger partial charge in [-0.25, -0.2) is 0 Å². The first-order chi connectivity index (χ1) is 12.6. The van der Waals surface area contributed by atoms with Crippen LogP contribution in [0, 0.1) is 0 Å². The van der Waals surface area contributed by atoms with Crippen molar-refractivity contribution in [3.05, 3.63) is 82.8 Å². The molecule has 0 aliphatic heterocycles. The average molecular weight is 387 g/mol. The first kappa shape index (κ1) is 18.1. The normalized spacial score (nSPS) is 10.2. The van der Waals surface area contributed by atoms with Gasteiger partial charge in [0.05, 0.1) is 6.54 Å². The fraction of sp³-hybridized carbons (Fsp3) is 0.0500. The molecule has 0 spiro atoms. The smallest absolute Gasteiger partial charge is 0.243 e. The minimum Gasteiger partial charge on any atom is -0.457 e. The quantitative estimate of drug-likeness (QED) is 0.559. The van der Waals surface area contributed by atoms with E-state index in [1.807, 2.05) is 30.3 Å². The van der Waals surface area contributed by atoms with Gasteiger partial charge in [0.25, 0.3) is 0 Å². The number of hydrogen-bond donors (Lipinski definition) is 2. The molecular weight excluding hydrogens is 371 g/mol. The van der Waals surface area contributed by atoms with E-state index >= 15 is 0 Å². The average Bonchev–Trinajstić information content (AvgIpc) is 2.62. The molecule has 2 N–H and O–H groups in total. The summed E-state index contributed by atoms with van der Waals surface area (Å²) in [4.78, 5) is 12.1. The van der Waals surface area contributed by atoms with Crippen LogP contribution in [0.1, 0.15) is 0 Å². The SMILES string of the molecule is O=C(CNc1cc(Cl)cc(Cl)c1)Nc1ccc(Oc2ccccc2)cc1. The van der Waals surface area contributed by atoms with E-state index < -0.39 is 0 Å². The maximum atomic E-state index is 12.1. The van der Waals surface area contributed by atoms with Crippen LogP contribution in [0.15, 0.2) is 72.8 Å². The highest BCUT2D eigenvalue weighted by Gasteiger charge is 2.04. The van der Waals surface area contributed by atoms with Gasteiger partial charge in [-0.3, -0.25) is 4.79 Å². The van der Waals surface area contributed by atoms with Crippen LogP contribution >= 0.6 is 23.2 Å². The molecular formula is C20H16Cl2N2O2. The fourth-order valence-corrected chi connectivity index (χ4v) is 2.80. The van der Waals surface area contributed by atoms with E-state index in [1.54, 1.807) is 42.5 Å². The molecule has 0 aliphatic carbocycles. The van der Waals surface area contributed by atoms with E-state index in [1.165, 1.54) is 0 Å². The van der Waals surface area contributed by atoms with Crippen molar-refractivity contribution >= 4 is 40.5 Å². The highest BCUT2D eigenvalue weighted by atomic mass is 35.5. The second-order valence-corrected chi connectivity index (χ2v) is 6.37. The molecule has 0 aromatic heterocycles. The van der Waals surface area contributed by atoms with E-state index in [4.69, 9.17) is 27.9 Å². The summed E-state index contributed by atoms with van der Waals surface area (Å²) in [6.45, 7) is 0.0962. The Balaban J connectivity index is 1.52. The molecule has 3 rings (SSSR count). The lowest BCUT2D eigenvalue weighted by atomic mass is 10.3. The Morgan fingerprint density at radius 3 is 2.08 bits per heavy atom. The molecule has 132 valence electrons. The second kappa shape index (κ2) is 8.61. The number of nitrogens with one attached hydrogen (secondary N) is 2.